The van der Waals surface area contributed by atoms with Crippen LogP contribution >= 0.6 is 23.2 Å². The third-order valence-corrected chi connectivity index (χ3v) is 6.29. The van der Waals surface area contributed by atoms with E-state index in [-0.39, 0.29) is 46.2 Å². The maximum absolute atomic E-state index is 13.4. The molecule has 1 heterocycles. The van der Waals surface area contributed by atoms with Crippen LogP contribution in [0.25, 0.3) is 5.76 Å². The average molecular weight is 554 g/mol. The van der Waals surface area contributed by atoms with Crippen molar-refractivity contribution < 1.29 is 38.4 Å². The smallest absolute Gasteiger partial charge is 0.295 e. The number of nitrogens with zero attached hydrogens (tertiary/aromatic N) is 1. The fourth-order valence-electron chi connectivity index (χ4n) is 4.19. The first kappa shape index (κ1) is 28.4. The Morgan fingerprint density at radius 3 is 2.05 bits per heavy atom. The van der Waals surface area contributed by atoms with E-state index in [2.05, 4.69) is 0 Å². The third-order valence-electron chi connectivity index (χ3n) is 5.79. The molecule has 37 heavy (non-hydrogen) atoms. The van der Waals surface area contributed by atoms with Crippen LogP contribution in [0.1, 0.15) is 31.0 Å². The van der Waals surface area contributed by atoms with Crippen LogP contribution in [0.15, 0.2) is 29.8 Å². The summed E-state index contributed by atoms with van der Waals surface area (Å²) in [6, 6.07) is 5.06. The quantitative estimate of drug-likeness (QED) is 0.252. The molecule has 0 spiro atoms. The number of carbonyl (C=O) groups is 2. The lowest BCUT2D eigenvalue weighted by Crippen LogP contribution is -2.33. The summed E-state index contributed by atoms with van der Waals surface area (Å²) < 4.78 is 27.4. The molecule has 9 nitrogen and oxygen atoms in total. The van der Waals surface area contributed by atoms with Gasteiger partial charge in [-0.05, 0) is 43.7 Å². The summed E-state index contributed by atoms with van der Waals surface area (Å²) in [5.41, 5.74) is 0.321. The van der Waals surface area contributed by atoms with Crippen molar-refractivity contribution in [1.29, 1.82) is 0 Å². The molecule has 1 amide bonds. The number of carbonyl (C=O) groups excluding carboxylic acids is 2. The zero-order valence-corrected chi connectivity index (χ0v) is 22.9. The van der Waals surface area contributed by atoms with Crippen molar-refractivity contribution in [3.8, 4) is 23.0 Å². The monoisotopic (exact) mass is 553 g/mol. The zero-order chi connectivity index (χ0) is 27.4. The van der Waals surface area contributed by atoms with E-state index in [9.17, 15) is 14.7 Å². The summed E-state index contributed by atoms with van der Waals surface area (Å²) in [6.07, 6.45) is -0.0886. The number of hydrogen-bond donors (Lipinski definition) is 1. The van der Waals surface area contributed by atoms with E-state index in [1.807, 2.05) is 13.8 Å². The maximum atomic E-state index is 13.4. The molecule has 0 aliphatic carbocycles. The van der Waals surface area contributed by atoms with E-state index < -0.39 is 23.5 Å². The molecule has 0 radical (unpaired) electrons. The fourth-order valence-corrected chi connectivity index (χ4v) is 4.76. The molecule has 1 saturated heterocycles. The van der Waals surface area contributed by atoms with Crippen LogP contribution in [0, 0.1) is 0 Å². The van der Waals surface area contributed by atoms with Crippen LogP contribution in [0.4, 0.5) is 0 Å². The molecule has 0 saturated carbocycles. The molecule has 200 valence electrons. The van der Waals surface area contributed by atoms with Crippen molar-refractivity contribution in [3.05, 3.63) is 51.0 Å². The van der Waals surface area contributed by atoms with Crippen molar-refractivity contribution in [2.24, 2.45) is 0 Å². The minimum Gasteiger partial charge on any atom is -0.507 e. The molecule has 1 atom stereocenters. The Labute approximate surface area is 225 Å². The highest BCUT2D eigenvalue weighted by molar-refractivity contribution is 6.46. The second-order valence-electron chi connectivity index (χ2n) is 8.34. The van der Waals surface area contributed by atoms with Crippen LogP contribution < -0.4 is 18.9 Å². The van der Waals surface area contributed by atoms with E-state index in [4.69, 9.17) is 46.9 Å². The first-order valence-electron chi connectivity index (χ1n) is 11.3. The lowest BCUT2D eigenvalue weighted by molar-refractivity contribution is -0.140. The highest BCUT2D eigenvalue weighted by Crippen LogP contribution is 2.47. The Morgan fingerprint density at radius 1 is 0.946 bits per heavy atom. The number of aliphatic hydroxyl groups excluding tert-OH is 1. The number of ether oxygens (including phenoxy) is 5. The molecule has 2 aromatic carbocycles. The van der Waals surface area contributed by atoms with Crippen molar-refractivity contribution in [3.63, 3.8) is 0 Å². The predicted octanol–water partition coefficient (Wildman–Crippen LogP) is 4.87. The second-order valence-corrected chi connectivity index (χ2v) is 9.18. The summed E-state index contributed by atoms with van der Waals surface area (Å²) in [4.78, 5) is 27.9. The molecule has 2 aromatic rings. The predicted molar refractivity (Wildman–Crippen MR) is 139 cm³/mol. The van der Waals surface area contributed by atoms with E-state index in [0.717, 1.165) is 0 Å². The maximum Gasteiger partial charge on any atom is 0.295 e. The fraction of sp³-hybridized carbons (Fsp3) is 0.385. The summed E-state index contributed by atoms with van der Waals surface area (Å²) >= 11 is 12.5. The van der Waals surface area contributed by atoms with Crippen LogP contribution in [-0.2, 0) is 14.3 Å². The lowest BCUT2D eigenvalue weighted by Gasteiger charge is -2.27. The van der Waals surface area contributed by atoms with Crippen molar-refractivity contribution >= 4 is 40.7 Å². The molecular formula is C26H29Cl2NO8. The van der Waals surface area contributed by atoms with Gasteiger partial charge < -0.3 is 33.7 Å². The number of methoxy groups -OCH3 is 4. The van der Waals surface area contributed by atoms with Gasteiger partial charge >= 0.3 is 0 Å². The Bertz CT molecular complexity index is 1200. The largest absolute Gasteiger partial charge is 0.507 e. The van der Waals surface area contributed by atoms with E-state index in [1.165, 1.54) is 45.5 Å². The molecule has 11 heteroatoms. The molecule has 1 fully saturated rings. The van der Waals surface area contributed by atoms with Crippen LogP contribution in [0.3, 0.4) is 0 Å². The van der Waals surface area contributed by atoms with Gasteiger partial charge in [-0.15, -0.1) is 0 Å². The Kier molecular flexibility index (Phi) is 9.17. The topological polar surface area (TPSA) is 104 Å². The van der Waals surface area contributed by atoms with E-state index in [1.54, 1.807) is 12.1 Å². The second kappa shape index (κ2) is 11.9. The SMILES string of the molecule is COc1cc(C2/C(=C(\O)c3cc(Cl)cc(Cl)c3OC)C(=O)C(=O)N2CCOC(C)C)cc(OC)c1OC. The Balaban J connectivity index is 2.30. The van der Waals surface area contributed by atoms with Gasteiger partial charge in [-0.1, -0.05) is 23.2 Å². The first-order valence-corrected chi connectivity index (χ1v) is 12.1. The molecule has 1 aliphatic rings. The number of hydrogen-bond acceptors (Lipinski definition) is 8. The third kappa shape index (κ3) is 5.58. The van der Waals surface area contributed by atoms with Crippen molar-refractivity contribution in [2.45, 2.75) is 26.0 Å². The van der Waals surface area contributed by atoms with Gasteiger partial charge in [0.15, 0.2) is 11.5 Å². The summed E-state index contributed by atoms with van der Waals surface area (Å²) in [5, 5.41) is 11.8. The van der Waals surface area contributed by atoms with Gasteiger partial charge in [0.05, 0.1) is 63.4 Å². The molecule has 1 aliphatic heterocycles. The number of amides is 1. The highest BCUT2D eigenvalue weighted by Gasteiger charge is 2.47. The number of likely N-dealkylation sites (tertiary alicyclic amines) is 1. The first-order chi connectivity index (χ1) is 17.6. The molecule has 3 rings (SSSR count). The number of benzene rings is 2. The van der Waals surface area contributed by atoms with Crippen molar-refractivity contribution in [1.82, 2.24) is 4.90 Å². The summed E-state index contributed by atoms with van der Waals surface area (Å²) in [5.74, 6) is -1.14. The van der Waals surface area contributed by atoms with Crippen LogP contribution in [-0.4, -0.2) is 69.4 Å². The van der Waals surface area contributed by atoms with Gasteiger partial charge in [-0.2, -0.15) is 0 Å². The number of Topliss-reactive ketones (excluding diaryl/α,β-unsaturated/α-hetero) is 1. The van der Waals surface area contributed by atoms with Gasteiger partial charge in [0.1, 0.15) is 11.5 Å². The van der Waals surface area contributed by atoms with Gasteiger partial charge in [0.2, 0.25) is 5.75 Å². The van der Waals surface area contributed by atoms with E-state index >= 15 is 0 Å². The number of rotatable bonds is 10. The number of halogens is 2. The molecule has 0 bridgehead atoms. The lowest BCUT2D eigenvalue weighted by atomic mass is 9.94. The average Bonchev–Trinajstić information content (AvgIpc) is 3.11. The van der Waals surface area contributed by atoms with Gasteiger partial charge in [0, 0.05) is 11.6 Å². The Hall–Kier alpha value is -3.14. The van der Waals surface area contributed by atoms with Crippen LogP contribution in [0.2, 0.25) is 10.0 Å². The molecule has 1 unspecified atom stereocenters. The molecule has 0 aromatic heterocycles. The molecule has 1 N–H and O–H groups in total. The summed E-state index contributed by atoms with van der Waals surface area (Å²) in [7, 11) is 5.73. The van der Waals surface area contributed by atoms with Gasteiger partial charge in [-0.25, -0.2) is 0 Å². The number of aliphatic hydroxyl groups is 1. The van der Waals surface area contributed by atoms with Crippen LogP contribution in [0.5, 0.6) is 23.0 Å². The minimum atomic E-state index is -1.02. The standard InChI is InChI=1S/C26H29Cl2NO8/c1-13(2)37-8-7-29-21(14-9-18(33-3)25(36-6)19(10-14)34-4)20(23(31)26(29)32)22(30)16-11-15(27)12-17(28)24(16)35-5/h9-13,21,30H,7-8H2,1-6H3/b22-20+. The zero-order valence-electron chi connectivity index (χ0n) is 21.4. The van der Waals surface area contributed by atoms with E-state index in [0.29, 0.717) is 22.8 Å². The molecular weight excluding hydrogens is 525 g/mol. The van der Waals surface area contributed by atoms with Gasteiger partial charge in [-0.3, -0.25) is 9.59 Å². The van der Waals surface area contributed by atoms with Crippen molar-refractivity contribution in [2.75, 3.05) is 41.6 Å². The highest BCUT2D eigenvalue weighted by atomic mass is 35.5. The van der Waals surface area contributed by atoms with Gasteiger partial charge in [0.25, 0.3) is 11.7 Å². The summed E-state index contributed by atoms with van der Waals surface area (Å²) in [6.45, 7) is 3.96. The number of ketones is 1. The normalized spacial score (nSPS) is 16.9. The Morgan fingerprint density at radius 2 is 1.54 bits per heavy atom. The minimum absolute atomic E-state index is 0.0638.